The fourth-order valence-corrected chi connectivity index (χ4v) is 3.89. The van der Waals surface area contributed by atoms with Crippen LogP contribution in [0.4, 0.5) is 0 Å². The molecule has 1 aromatic rings. The molecule has 2 saturated heterocycles. The molecule has 114 valence electrons. The van der Waals surface area contributed by atoms with Crippen LogP contribution < -0.4 is 0 Å². The molecule has 4 heteroatoms. The molecule has 0 radical (unpaired) electrons. The predicted molar refractivity (Wildman–Crippen MR) is 88.0 cm³/mol. The third-order valence-corrected chi connectivity index (χ3v) is 5.08. The summed E-state index contributed by atoms with van der Waals surface area (Å²) in [5.74, 6) is 0.613. The summed E-state index contributed by atoms with van der Waals surface area (Å²) in [5, 5.41) is 0. The van der Waals surface area contributed by atoms with Crippen molar-refractivity contribution in [2.45, 2.75) is 32.2 Å². The maximum atomic E-state index is 12.5. The molecule has 3 nitrogen and oxygen atoms in total. The quantitative estimate of drug-likeness (QED) is 0.834. The Bertz CT molecular complexity index is 499. The number of piperidine rings is 1. The van der Waals surface area contributed by atoms with Crippen LogP contribution in [0.3, 0.4) is 0 Å². The van der Waals surface area contributed by atoms with Crippen molar-refractivity contribution < 1.29 is 4.79 Å². The van der Waals surface area contributed by atoms with Gasteiger partial charge in [-0.2, -0.15) is 0 Å². The van der Waals surface area contributed by atoms with Gasteiger partial charge in [-0.1, -0.05) is 28.1 Å². The summed E-state index contributed by atoms with van der Waals surface area (Å²) in [6, 6.07) is 8.45. The van der Waals surface area contributed by atoms with Crippen molar-refractivity contribution in [3.8, 4) is 0 Å². The molecule has 0 aromatic heterocycles. The van der Waals surface area contributed by atoms with Crippen LogP contribution in [-0.4, -0.2) is 41.9 Å². The Labute approximate surface area is 135 Å². The zero-order valence-electron chi connectivity index (χ0n) is 12.4. The molecule has 1 unspecified atom stereocenters. The van der Waals surface area contributed by atoms with E-state index in [2.05, 4.69) is 50.0 Å². The van der Waals surface area contributed by atoms with Crippen LogP contribution in [0.15, 0.2) is 28.7 Å². The summed E-state index contributed by atoms with van der Waals surface area (Å²) in [4.78, 5) is 17.0. The number of hydrogen-bond acceptors (Lipinski definition) is 2. The lowest BCUT2D eigenvalue weighted by Gasteiger charge is -2.29. The van der Waals surface area contributed by atoms with Crippen LogP contribution >= 0.6 is 15.9 Å². The van der Waals surface area contributed by atoms with E-state index in [0.717, 1.165) is 43.6 Å². The summed E-state index contributed by atoms with van der Waals surface area (Å²) in [7, 11) is 0. The third-order valence-electron chi connectivity index (χ3n) is 4.58. The minimum absolute atomic E-state index is 0.218. The van der Waals surface area contributed by atoms with Gasteiger partial charge in [0.2, 0.25) is 5.91 Å². The van der Waals surface area contributed by atoms with E-state index in [0.29, 0.717) is 5.91 Å². The van der Waals surface area contributed by atoms with E-state index in [1.807, 2.05) is 0 Å². The van der Waals surface area contributed by atoms with Gasteiger partial charge in [-0.25, -0.2) is 0 Å². The van der Waals surface area contributed by atoms with Gasteiger partial charge in [-0.05, 0) is 49.9 Å². The van der Waals surface area contributed by atoms with Crippen molar-refractivity contribution >= 4 is 21.8 Å². The molecule has 1 atom stereocenters. The monoisotopic (exact) mass is 350 g/mol. The topological polar surface area (TPSA) is 23.6 Å². The second kappa shape index (κ2) is 6.93. The van der Waals surface area contributed by atoms with Gasteiger partial charge in [0.25, 0.3) is 0 Å². The Balaban J connectivity index is 1.54. The Morgan fingerprint density at radius 2 is 2.00 bits per heavy atom. The molecular weight excluding hydrogens is 328 g/mol. The van der Waals surface area contributed by atoms with Crippen LogP contribution in [0.25, 0.3) is 0 Å². The predicted octanol–water partition coefficient (Wildman–Crippen LogP) is 3.28. The van der Waals surface area contributed by atoms with Crippen LogP contribution in [0.5, 0.6) is 0 Å². The number of amides is 1. The number of benzene rings is 1. The fraction of sp³-hybridized carbons (Fsp3) is 0.588. The largest absolute Gasteiger partial charge is 0.342 e. The molecule has 0 aliphatic carbocycles. The van der Waals surface area contributed by atoms with E-state index in [1.54, 1.807) is 0 Å². The lowest BCUT2D eigenvalue weighted by Crippen LogP contribution is -2.40. The summed E-state index contributed by atoms with van der Waals surface area (Å²) < 4.78 is 1.13. The summed E-state index contributed by atoms with van der Waals surface area (Å²) in [5.41, 5.74) is 1.32. The van der Waals surface area contributed by atoms with E-state index in [1.165, 1.54) is 24.8 Å². The number of likely N-dealkylation sites (tertiary alicyclic amines) is 2. The highest BCUT2D eigenvalue weighted by Gasteiger charge is 2.31. The third kappa shape index (κ3) is 3.86. The molecule has 1 amide bonds. The van der Waals surface area contributed by atoms with Gasteiger partial charge in [-0.3, -0.25) is 9.69 Å². The number of carbonyl (C=O) groups is 1. The molecule has 2 aliphatic heterocycles. The molecule has 0 saturated carbocycles. The van der Waals surface area contributed by atoms with Gasteiger partial charge in [0, 0.05) is 30.7 Å². The van der Waals surface area contributed by atoms with Gasteiger partial charge in [0.05, 0.1) is 5.92 Å². The van der Waals surface area contributed by atoms with Gasteiger partial charge in [0.15, 0.2) is 0 Å². The molecule has 3 rings (SSSR count). The minimum atomic E-state index is 0.218. The van der Waals surface area contributed by atoms with E-state index in [9.17, 15) is 4.79 Å². The highest BCUT2D eigenvalue weighted by Crippen LogP contribution is 2.23. The lowest BCUT2D eigenvalue weighted by molar-refractivity contribution is -0.136. The summed E-state index contributed by atoms with van der Waals surface area (Å²) >= 11 is 3.52. The highest BCUT2D eigenvalue weighted by atomic mass is 79.9. The average Bonchev–Trinajstić information content (AvgIpc) is 2.96. The zero-order chi connectivity index (χ0) is 14.7. The lowest BCUT2D eigenvalue weighted by atomic mass is 10.0. The van der Waals surface area contributed by atoms with E-state index in [-0.39, 0.29) is 5.92 Å². The van der Waals surface area contributed by atoms with Crippen molar-refractivity contribution in [3.05, 3.63) is 34.3 Å². The number of nitrogens with zero attached hydrogens (tertiary/aromatic N) is 2. The van der Waals surface area contributed by atoms with Crippen LogP contribution in [0, 0.1) is 5.92 Å². The van der Waals surface area contributed by atoms with Crippen molar-refractivity contribution in [2.75, 3.05) is 26.2 Å². The first kappa shape index (κ1) is 15.0. The molecule has 2 fully saturated rings. The van der Waals surface area contributed by atoms with Gasteiger partial charge in [0.1, 0.15) is 0 Å². The molecule has 1 aromatic carbocycles. The maximum Gasteiger partial charge on any atom is 0.227 e. The van der Waals surface area contributed by atoms with Crippen molar-refractivity contribution in [2.24, 2.45) is 5.92 Å². The van der Waals surface area contributed by atoms with Crippen LogP contribution in [0.2, 0.25) is 0 Å². The Morgan fingerprint density at radius 3 is 2.76 bits per heavy atom. The average molecular weight is 351 g/mol. The molecular formula is C17H23BrN2O. The minimum Gasteiger partial charge on any atom is -0.342 e. The fourth-order valence-electron chi connectivity index (χ4n) is 3.44. The second-order valence-electron chi connectivity index (χ2n) is 6.24. The first-order valence-electron chi connectivity index (χ1n) is 7.98. The smallest absolute Gasteiger partial charge is 0.227 e. The Kier molecular flexibility index (Phi) is 4.96. The zero-order valence-corrected chi connectivity index (χ0v) is 14.0. The standard InChI is InChI=1S/C17H23BrN2O/c18-16-6-4-5-14(11-16)12-19-10-7-15(13-19)17(21)20-8-2-1-3-9-20/h4-6,11,15H,1-3,7-10,12-13H2. The van der Waals surface area contributed by atoms with Crippen molar-refractivity contribution in [1.82, 2.24) is 9.80 Å². The first-order chi connectivity index (χ1) is 10.2. The second-order valence-corrected chi connectivity index (χ2v) is 7.15. The van der Waals surface area contributed by atoms with E-state index < -0.39 is 0 Å². The molecule has 21 heavy (non-hydrogen) atoms. The Morgan fingerprint density at radius 1 is 1.19 bits per heavy atom. The van der Waals surface area contributed by atoms with E-state index >= 15 is 0 Å². The molecule has 2 heterocycles. The molecule has 2 aliphatic rings. The van der Waals surface area contributed by atoms with Crippen LogP contribution in [-0.2, 0) is 11.3 Å². The maximum absolute atomic E-state index is 12.5. The van der Waals surface area contributed by atoms with Gasteiger partial charge < -0.3 is 4.90 Å². The number of halogens is 1. The highest BCUT2D eigenvalue weighted by molar-refractivity contribution is 9.10. The van der Waals surface area contributed by atoms with Crippen molar-refractivity contribution in [3.63, 3.8) is 0 Å². The van der Waals surface area contributed by atoms with Crippen molar-refractivity contribution in [1.29, 1.82) is 0 Å². The number of carbonyl (C=O) groups excluding carboxylic acids is 1. The first-order valence-corrected chi connectivity index (χ1v) is 8.77. The van der Waals surface area contributed by atoms with Gasteiger partial charge >= 0.3 is 0 Å². The molecule has 0 N–H and O–H groups in total. The van der Waals surface area contributed by atoms with E-state index in [4.69, 9.17) is 0 Å². The Hall–Kier alpha value is -0.870. The normalized spacial score (nSPS) is 23.5. The SMILES string of the molecule is O=C(C1CCN(Cc2cccc(Br)c2)C1)N1CCCCC1. The number of hydrogen-bond donors (Lipinski definition) is 0. The molecule has 0 bridgehead atoms. The van der Waals surface area contributed by atoms with Gasteiger partial charge in [-0.15, -0.1) is 0 Å². The molecule has 0 spiro atoms. The summed E-state index contributed by atoms with van der Waals surface area (Å²) in [6.45, 7) is 4.85. The number of rotatable bonds is 3. The van der Waals surface area contributed by atoms with Crippen LogP contribution in [0.1, 0.15) is 31.2 Å². The summed E-state index contributed by atoms with van der Waals surface area (Å²) in [6.07, 6.45) is 4.66.